The SMILES string of the molecule is Cc1cccc(C(=O)N2CCC(c3ccc(C(=O)N=C(N)N)cc3C)CC2)c1.O=S=O. The minimum absolute atomic E-state index is 0.0945. The van der Waals surface area contributed by atoms with Crippen molar-refractivity contribution in [2.24, 2.45) is 16.5 Å². The lowest BCUT2D eigenvalue weighted by Crippen LogP contribution is -2.38. The van der Waals surface area contributed by atoms with E-state index < -0.39 is 17.5 Å². The molecule has 0 aromatic heterocycles. The molecule has 0 spiro atoms. The number of hydrogen-bond donors (Lipinski definition) is 2. The number of hydrogen-bond acceptors (Lipinski definition) is 4. The van der Waals surface area contributed by atoms with Gasteiger partial charge in [-0.25, -0.2) is 0 Å². The fourth-order valence-electron chi connectivity index (χ4n) is 3.80. The standard InChI is InChI=1S/C22H26N4O2.O2S/c1-14-4-3-5-18(12-14)21(28)26-10-8-16(9-11-26)19-7-6-17(13-15(19)2)20(27)25-22(23)24;1-3-2/h3-7,12-13,16H,8-11H2,1-2H3,(H4,23,24,25,27);. The molecule has 3 rings (SSSR count). The Hall–Kier alpha value is -3.33. The first-order chi connectivity index (χ1) is 14.8. The van der Waals surface area contributed by atoms with Gasteiger partial charge >= 0.3 is 11.6 Å². The number of nitrogens with zero attached hydrogens (tertiary/aromatic N) is 2. The average Bonchev–Trinajstić information content (AvgIpc) is 2.73. The van der Waals surface area contributed by atoms with Crippen LogP contribution in [0.5, 0.6) is 0 Å². The number of likely N-dealkylation sites (tertiary alicyclic amines) is 1. The molecule has 0 saturated carbocycles. The van der Waals surface area contributed by atoms with Gasteiger partial charge in [-0.3, -0.25) is 9.59 Å². The highest BCUT2D eigenvalue weighted by Gasteiger charge is 2.25. The van der Waals surface area contributed by atoms with Crippen molar-refractivity contribution < 1.29 is 18.0 Å². The Morgan fingerprint density at radius 2 is 1.65 bits per heavy atom. The molecule has 0 aliphatic carbocycles. The maximum absolute atomic E-state index is 12.7. The maximum Gasteiger partial charge on any atom is 0.335 e. The molecule has 1 aliphatic heterocycles. The van der Waals surface area contributed by atoms with Crippen molar-refractivity contribution >= 4 is 29.3 Å². The first-order valence-electron chi connectivity index (χ1n) is 9.79. The van der Waals surface area contributed by atoms with Crippen molar-refractivity contribution in [1.82, 2.24) is 4.90 Å². The largest absolute Gasteiger partial charge is 0.370 e. The van der Waals surface area contributed by atoms with Crippen LogP contribution in [-0.4, -0.2) is 44.2 Å². The lowest BCUT2D eigenvalue weighted by Gasteiger charge is -2.33. The van der Waals surface area contributed by atoms with Crippen LogP contribution in [0.1, 0.15) is 56.2 Å². The van der Waals surface area contributed by atoms with Crippen molar-refractivity contribution in [3.63, 3.8) is 0 Å². The molecule has 2 aromatic carbocycles. The molecule has 2 aromatic rings. The number of benzene rings is 2. The summed E-state index contributed by atoms with van der Waals surface area (Å²) in [5, 5.41) is 0. The number of carbonyl (C=O) groups is 2. The van der Waals surface area contributed by atoms with Crippen LogP contribution >= 0.6 is 0 Å². The fourth-order valence-corrected chi connectivity index (χ4v) is 3.80. The maximum atomic E-state index is 12.7. The van der Waals surface area contributed by atoms with Gasteiger partial charge in [-0.05, 0) is 68.0 Å². The number of carbonyl (C=O) groups excluding carboxylic acids is 2. The molecule has 2 amide bonds. The molecule has 1 fully saturated rings. The Labute approximate surface area is 184 Å². The fraction of sp³-hybridized carbons (Fsp3) is 0.318. The minimum atomic E-state index is -0.750. The summed E-state index contributed by atoms with van der Waals surface area (Å²) in [6.07, 6.45) is 1.80. The van der Waals surface area contributed by atoms with Crippen LogP contribution in [0, 0.1) is 13.8 Å². The molecule has 8 nitrogen and oxygen atoms in total. The molecule has 1 aliphatic rings. The molecule has 1 saturated heterocycles. The van der Waals surface area contributed by atoms with E-state index in [1.54, 1.807) is 6.07 Å². The first-order valence-corrected chi connectivity index (χ1v) is 10.5. The number of rotatable bonds is 3. The zero-order chi connectivity index (χ0) is 23.0. The van der Waals surface area contributed by atoms with Gasteiger partial charge in [-0.2, -0.15) is 13.4 Å². The van der Waals surface area contributed by atoms with Crippen LogP contribution in [0.25, 0.3) is 0 Å². The lowest BCUT2D eigenvalue weighted by molar-refractivity contribution is 0.0712. The molecule has 0 radical (unpaired) electrons. The van der Waals surface area contributed by atoms with E-state index in [0.717, 1.165) is 42.6 Å². The summed E-state index contributed by atoms with van der Waals surface area (Å²) in [4.78, 5) is 30.2. The summed E-state index contributed by atoms with van der Waals surface area (Å²) in [6, 6.07) is 13.3. The van der Waals surface area contributed by atoms with E-state index in [4.69, 9.17) is 19.9 Å². The second-order valence-corrected chi connectivity index (χ2v) is 7.55. The van der Waals surface area contributed by atoms with Gasteiger partial charge in [0.1, 0.15) is 0 Å². The highest BCUT2D eigenvalue weighted by Crippen LogP contribution is 2.31. The molecular formula is C22H26N4O4S. The Kier molecular flexibility index (Phi) is 8.63. The Bertz CT molecular complexity index is 1020. The zero-order valence-corrected chi connectivity index (χ0v) is 18.4. The second kappa shape index (κ2) is 11.2. The second-order valence-electron chi connectivity index (χ2n) is 7.42. The molecule has 0 atom stereocenters. The third-order valence-corrected chi connectivity index (χ3v) is 5.23. The van der Waals surface area contributed by atoms with E-state index >= 15 is 0 Å². The van der Waals surface area contributed by atoms with Crippen LogP contribution in [0.2, 0.25) is 0 Å². The Balaban J connectivity index is 0.00000107. The number of nitrogens with two attached hydrogens (primary N) is 2. The monoisotopic (exact) mass is 442 g/mol. The van der Waals surface area contributed by atoms with Crippen molar-refractivity contribution in [1.29, 1.82) is 0 Å². The van der Waals surface area contributed by atoms with Crippen LogP contribution in [0.15, 0.2) is 47.5 Å². The minimum Gasteiger partial charge on any atom is -0.370 e. The number of aryl methyl sites for hydroxylation is 2. The summed E-state index contributed by atoms with van der Waals surface area (Å²) in [5.41, 5.74) is 15.1. The van der Waals surface area contributed by atoms with E-state index in [0.29, 0.717) is 11.5 Å². The molecule has 0 unspecified atom stereocenters. The summed E-state index contributed by atoms with van der Waals surface area (Å²) < 4.78 is 16.6. The number of guanidine groups is 1. The van der Waals surface area contributed by atoms with E-state index in [-0.39, 0.29) is 11.9 Å². The summed E-state index contributed by atoms with van der Waals surface area (Å²) >= 11 is -0.750. The third kappa shape index (κ3) is 6.58. The summed E-state index contributed by atoms with van der Waals surface area (Å²) in [7, 11) is 0. The normalized spacial score (nSPS) is 13.5. The van der Waals surface area contributed by atoms with Crippen molar-refractivity contribution in [2.75, 3.05) is 13.1 Å². The van der Waals surface area contributed by atoms with Gasteiger partial charge in [0.05, 0.1) is 0 Å². The molecule has 1 heterocycles. The smallest absolute Gasteiger partial charge is 0.335 e. The van der Waals surface area contributed by atoms with Crippen molar-refractivity contribution in [3.05, 3.63) is 70.3 Å². The molecule has 164 valence electrons. The van der Waals surface area contributed by atoms with E-state index in [2.05, 4.69) is 4.99 Å². The van der Waals surface area contributed by atoms with Crippen molar-refractivity contribution in [3.8, 4) is 0 Å². The van der Waals surface area contributed by atoms with Gasteiger partial charge in [-0.15, -0.1) is 0 Å². The molecule has 9 heteroatoms. The van der Waals surface area contributed by atoms with E-state index in [1.807, 2.05) is 55.1 Å². The number of piperidine rings is 1. The highest BCUT2D eigenvalue weighted by atomic mass is 32.1. The molecule has 4 N–H and O–H groups in total. The van der Waals surface area contributed by atoms with Crippen LogP contribution in [0.3, 0.4) is 0 Å². The van der Waals surface area contributed by atoms with Crippen LogP contribution in [-0.2, 0) is 11.6 Å². The zero-order valence-electron chi connectivity index (χ0n) is 17.5. The topological polar surface area (TPSA) is 136 Å². The van der Waals surface area contributed by atoms with Gasteiger partial charge in [0, 0.05) is 24.2 Å². The van der Waals surface area contributed by atoms with Gasteiger partial charge in [0.15, 0.2) is 5.96 Å². The number of amides is 2. The van der Waals surface area contributed by atoms with E-state index in [9.17, 15) is 9.59 Å². The predicted octanol–water partition coefficient (Wildman–Crippen LogP) is 2.07. The molecular weight excluding hydrogens is 416 g/mol. The van der Waals surface area contributed by atoms with Gasteiger partial charge in [0.2, 0.25) is 0 Å². The summed E-state index contributed by atoms with van der Waals surface area (Å²) in [6.45, 7) is 5.44. The van der Waals surface area contributed by atoms with Crippen molar-refractivity contribution in [2.45, 2.75) is 32.6 Å². The van der Waals surface area contributed by atoms with E-state index in [1.165, 1.54) is 5.56 Å². The predicted molar refractivity (Wildman–Crippen MR) is 119 cm³/mol. The molecule has 31 heavy (non-hydrogen) atoms. The first kappa shape index (κ1) is 23.9. The van der Waals surface area contributed by atoms with Crippen LogP contribution < -0.4 is 11.5 Å². The van der Waals surface area contributed by atoms with Gasteiger partial charge in [0.25, 0.3) is 11.8 Å². The van der Waals surface area contributed by atoms with Crippen LogP contribution in [0.4, 0.5) is 0 Å². The summed E-state index contributed by atoms with van der Waals surface area (Å²) in [5.74, 6) is -0.212. The quantitative estimate of drug-likeness (QED) is 0.552. The third-order valence-electron chi connectivity index (χ3n) is 5.23. The van der Waals surface area contributed by atoms with Gasteiger partial charge < -0.3 is 16.4 Å². The van der Waals surface area contributed by atoms with Gasteiger partial charge in [-0.1, -0.05) is 23.8 Å². The number of aliphatic imine (C=N–C) groups is 1. The highest BCUT2D eigenvalue weighted by molar-refractivity contribution is 7.51. The Morgan fingerprint density at radius 1 is 1.00 bits per heavy atom. The average molecular weight is 443 g/mol. The lowest BCUT2D eigenvalue weighted by atomic mass is 9.86. The Morgan fingerprint density at radius 3 is 2.19 bits per heavy atom. The molecule has 0 bridgehead atoms.